The van der Waals surface area contributed by atoms with Crippen molar-refractivity contribution in [3.63, 3.8) is 0 Å². The number of methoxy groups -OCH3 is 2. The van der Waals surface area contributed by atoms with Crippen LogP contribution in [-0.4, -0.2) is 92.1 Å². The van der Waals surface area contributed by atoms with Gasteiger partial charge >= 0.3 is 12.2 Å². The van der Waals surface area contributed by atoms with Crippen molar-refractivity contribution in [2.24, 2.45) is 23.7 Å². The van der Waals surface area contributed by atoms with Crippen molar-refractivity contribution in [3.05, 3.63) is 88.5 Å². The van der Waals surface area contributed by atoms with E-state index < -0.39 is 41.3 Å². The quantitative estimate of drug-likeness (QED) is 0.100. The van der Waals surface area contributed by atoms with E-state index in [1.165, 1.54) is 26.4 Å². The van der Waals surface area contributed by atoms with Gasteiger partial charge in [0.25, 0.3) is 0 Å². The average Bonchev–Trinajstić information content (AvgIpc) is 4.20. The molecule has 17 heteroatoms. The molecule has 5 aromatic rings. The van der Waals surface area contributed by atoms with Crippen LogP contribution in [0.15, 0.2) is 48.5 Å². The first-order valence-corrected chi connectivity index (χ1v) is 26.4. The number of carbonyl (C=O) groups excluding carboxylic acids is 4. The number of rotatable bonds is 11. The number of ether oxygens (including phenoxy) is 2. The van der Waals surface area contributed by atoms with E-state index in [0.717, 1.165) is 84.6 Å². The second-order valence-corrected chi connectivity index (χ2v) is 23.1. The Morgan fingerprint density at radius 3 is 1.44 bits per heavy atom. The number of amides is 4. The molecule has 0 radical (unpaired) electrons. The number of nitrogens with one attached hydrogen (secondary N) is 4. The minimum absolute atomic E-state index is 0.0371. The van der Waals surface area contributed by atoms with Gasteiger partial charge < -0.3 is 44.8 Å². The largest absolute Gasteiger partial charge is 0.453 e. The smallest absolute Gasteiger partial charge is 0.407 e. The number of nitrogens with zero attached hydrogens (tertiary/aromatic N) is 5. The van der Waals surface area contributed by atoms with Gasteiger partial charge in [0.15, 0.2) is 0 Å². The molecule has 5 heterocycles. The van der Waals surface area contributed by atoms with Gasteiger partial charge in [0.1, 0.15) is 35.4 Å². The molecule has 15 nitrogen and oxygen atoms in total. The molecule has 5 fully saturated rings. The predicted octanol–water partition coefficient (Wildman–Crippen LogP) is 10.7. The molecule has 2 saturated carbocycles. The SMILES string of the molecule is COC(=O)NC(C(=O)N1[C@H](c2nc3ccc([C@H]4CC[C@H](c5ccc6nc(C7C[C@@H]8CCC[C@@H]8N7C(=O)[C@@H](NC(=O)OC)C(C)C)[nH]c6c5)N4c4cc(F)c(C(C)(C)C)c(F)c4)cc3[nH]2)C[C@@H]2CCC[C@@H]21)C(C)C. The van der Waals surface area contributed by atoms with Gasteiger partial charge in [-0.1, -0.05) is 73.4 Å². The van der Waals surface area contributed by atoms with Gasteiger partial charge in [0, 0.05) is 23.3 Å². The Hall–Kier alpha value is -6.26. The van der Waals surface area contributed by atoms with Crippen LogP contribution < -0.4 is 15.5 Å². The van der Waals surface area contributed by atoms with E-state index in [4.69, 9.17) is 19.4 Å². The number of benzene rings is 3. The summed E-state index contributed by atoms with van der Waals surface area (Å²) in [6.45, 7) is 13.1. The van der Waals surface area contributed by atoms with Crippen LogP contribution in [0.3, 0.4) is 0 Å². The highest BCUT2D eigenvalue weighted by molar-refractivity contribution is 5.88. The number of H-pyrrole nitrogens is 2. The Labute approximate surface area is 425 Å². The van der Waals surface area contributed by atoms with Crippen molar-refractivity contribution in [2.45, 2.75) is 166 Å². The molecule has 73 heavy (non-hydrogen) atoms. The number of likely N-dealkylation sites (tertiary alicyclic amines) is 2. The predicted molar refractivity (Wildman–Crippen MR) is 273 cm³/mol. The van der Waals surface area contributed by atoms with Crippen molar-refractivity contribution < 1.29 is 37.4 Å². The van der Waals surface area contributed by atoms with E-state index in [1.807, 2.05) is 61.8 Å². The Balaban J connectivity index is 0.987. The zero-order valence-electron chi connectivity index (χ0n) is 43.6. The summed E-state index contributed by atoms with van der Waals surface area (Å²) < 4.78 is 42.5. The van der Waals surface area contributed by atoms with E-state index in [2.05, 4.69) is 37.6 Å². The van der Waals surface area contributed by atoms with Gasteiger partial charge in [-0.2, -0.15) is 0 Å². The Bertz CT molecular complexity index is 2750. The fourth-order valence-electron chi connectivity index (χ4n) is 13.5. The fourth-order valence-corrected chi connectivity index (χ4v) is 13.5. The maximum Gasteiger partial charge on any atom is 0.407 e. The molecule has 5 aliphatic rings. The summed E-state index contributed by atoms with van der Waals surface area (Å²) in [6, 6.07) is 12.6. The van der Waals surface area contributed by atoms with Gasteiger partial charge in [0.2, 0.25) is 11.8 Å². The Morgan fingerprint density at radius 2 is 1.05 bits per heavy atom. The third-order valence-corrected chi connectivity index (χ3v) is 16.9. The molecule has 10 rings (SSSR count). The average molecular weight is 1000 g/mol. The molecule has 3 aliphatic heterocycles. The van der Waals surface area contributed by atoms with Crippen LogP contribution in [-0.2, 0) is 24.5 Å². The van der Waals surface area contributed by atoms with Crippen LogP contribution in [0.1, 0.15) is 165 Å². The second kappa shape index (κ2) is 19.5. The molecule has 4 amide bonds. The van der Waals surface area contributed by atoms with Crippen LogP contribution in [0.25, 0.3) is 22.1 Å². The van der Waals surface area contributed by atoms with E-state index in [9.17, 15) is 19.2 Å². The summed E-state index contributed by atoms with van der Waals surface area (Å²) >= 11 is 0. The van der Waals surface area contributed by atoms with E-state index in [1.54, 1.807) is 20.8 Å². The normalized spacial score (nSPS) is 25.7. The molecule has 10 atom stereocenters. The maximum atomic E-state index is 16.3. The second-order valence-electron chi connectivity index (χ2n) is 23.1. The first-order valence-electron chi connectivity index (χ1n) is 26.4. The summed E-state index contributed by atoms with van der Waals surface area (Å²) in [5.41, 5.74) is 4.69. The van der Waals surface area contributed by atoms with Gasteiger partial charge in [-0.25, -0.2) is 28.3 Å². The molecule has 4 N–H and O–H groups in total. The number of hydrogen-bond donors (Lipinski definition) is 4. The molecule has 3 aromatic carbocycles. The zero-order chi connectivity index (χ0) is 51.8. The van der Waals surface area contributed by atoms with Crippen molar-refractivity contribution in [2.75, 3.05) is 19.1 Å². The number of aromatic nitrogens is 4. The van der Waals surface area contributed by atoms with Gasteiger partial charge in [-0.05, 0) is 128 Å². The van der Waals surface area contributed by atoms with Crippen molar-refractivity contribution in [1.29, 1.82) is 0 Å². The highest BCUT2D eigenvalue weighted by Gasteiger charge is 2.51. The minimum atomic E-state index is -0.763. The number of imidazole rings is 2. The summed E-state index contributed by atoms with van der Waals surface area (Å²) in [7, 11) is 2.59. The lowest BCUT2D eigenvalue weighted by Crippen LogP contribution is -2.53. The van der Waals surface area contributed by atoms with Gasteiger partial charge in [-0.3, -0.25) is 9.59 Å². The van der Waals surface area contributed by atoms with Crippen LogP contribution >= 0.6 is 0 Å². The number of carbonyl (C=O) groups is 4. The summed E-state index contributed by atoms with van der Waals surface area (Å²) in [5.74, 6) is 0.213. The highest BCUT2D eigenvalue weighted by atomic mass is 19.1. The topological polar surface area (TPSA) is 178 Å². The van der Waals surface area contributed by atoms with E-state index >= 15 is 8.78 Å². The van der Waals surface area contributed by atoms with Crippen LogP contribution in [0, 0.1) is 35.3 Å². The molecule has 3 saturated heterocycles. The van der Waals surface area contributed by atoms with Crippen molar-refractivity contribution >= 4 is 51.8 Å². The third-order valence-electron chi connectivity index (χ3n) is 16.9. The molecule has 390 valence electrons. The lowest BCUT2D eigenvalue weighted by atomic mass is 9.86. The summed E-state index contributed by atoms with van der Waals surface area (Å²) in [5, 5.41) is 5.58. The first-order chi connectivity index (χ1) is 34.8. The maximum absolute atomic E-state index is 16.3. The first kappa shape index (κ1) is 50.3. The molecule has 2 unspecified atom stereocenters. The summed E-state index contributed by atoms with van der Waals surface area (Å²) in [4.78, 5) is 77.2. The number of aromatic amines is 2. The van der Waals surface area contributed by atoms with Gasteiger partial charge in [0.05, 0.1) is 60.5 Å². The molecule has 0 bridgehead atoms. The standard InChI is InChI=1S/C56H71F2N9O6/c1-28(2)48(63-54(70)72-8)52(68)66-41-14-10-12-30(41)24-45(66)50-59-37-18-16-32(22-39(37)61-50)43-20-21-44(65(43)34-26-35(57)47(36(58)27-34)56(5,6)7)33-17-19-38-40(23-33)62-51(60-38)46-25-31-13-11-15-42(31)67(46)53(69)49(29(3)4)64-55(71)73-9/h16-19,22-23,26-31,41-46,48-49H,10-15,20-21,24-25H2,1-9H3,(H,59,61)(H,60,62)(H,63,70)(H,64,71)/t30-,31-,41-,42-,43+,44+,45-,46?,48?,49-/m0/s1. The number of halogens is 2. The lowest BCUT2D eigenvalue weighted by Gasteiger charge is -2.34. The molecular weight excluding hydrogens is 933 g/mol. The number of anilines is 1. The van der Waals surface area contributed by atoms with E-state index in [0.29, 0.717) is 42.0 Å². The lowest BCUT2D eigenvalue weighted by molar-refractivity contribution is -0.138. The number of fused-ring (bicyclic) bond motifs is 4. The number of hydrogen-bond acceptors (Lipinski definition) is 9. The van der Waals surface area contributed by atoms with Gasteiger partial charge in [-0.15, -0.1) is 0 Å². The molecular formula is C56H71F2N9O6. The Kier molecular flexibility index (Phi) is 13.5. The monoisotopic (exact) mass is 1000 g/mol. The van der Waals surface area contributed by atoms with Crippen molar-refractivity contribution in [1.82, 2.24) is 40.4 Å². The molecule has 2 aromatic heterocycles. The third kappa shape index (κ3) is 9.16. The van der Waals surface area contributed by atoms with Crippen LogP contribution in [0.5, 0.6) is 0 Å². The minimum Gasteiger partial charge on any atom is -0.453 e. The summed E-state index contributed by atoms with van der Waals surface area (Å²) in [6.07, 6.45) is 7.50. The number of alkyl carbamates (subject to hydrolysis) is 2. The van der Waals surface area contributed by atoms with E-state index in [-0.39, 0.29) is 65.5 Å². The fraction of sp³-hybridized carbons (Fsp3) is 0.571. The van der Waals surface area contributed by atoms with Crippen LogP contribution in [0.2, 0.25) is 0 Å². The molecule has 0 spiro atoms. The highest BCUT2D eigenvalue weighted by Crippen LogP contribution is 2.52. The van der Waals surface area contributed by atoms with Crippen LogP contribution in [0.4, 0.5) is 24.1 Å². The Morgan fingerprint density at radius 1 is 0.630 bits per heavy atom. The molecule has 2 aliphatic carbocycles. The zero-order valence-corrected chi connectivity index (χ0v) is 43.6. The van der Waals surface area contributed by atoms with Crippen molar-refractivity contribution in [3.8, 4) is 0 Å².